The second-order valence-electron chi connectivity index (χ2n) is 6.20. The molecule has 1 aliphatic rings. The van der Waals surface area contributed by atoms with Crippen LogP contribution in [0, 0.1) is 5.92 Å². The fourth-order valence-electron chi connectivity index (χ4n) is 3.23. The normalized spacial score (nSPS) is 23.6. The fraction of sp³-hybridized carbons (Fsp3) is 0.667. The van der Waals surface area contributed by atoms with Gasteiger partial charge >= 0.3 is 0 Å². The number of hydrogen-bond acceptors (Lipinski definition) is 3. The smallest absolute Gasteiger partial charge is 0.161 e. The summed E-state index contributed by atoms with van der Waals surface area (Å²) in [6.07, 6.45) is 6.37. The van der Waals surface area contributed by atoms with E-state index in [9.17, 15) is 0 Å². The van der Waals surface area contributed by atoms with Gasteiger partial charge in [0.15, 0.2) is 11.5 Å². The molecule has 1 atom stereocenters. The van der Waals surface area contributed by atoms with Crippen molar-refractivity contribution in [2.75, 3.05) is 14.2 Å². The lowest BCUT2D eigenvalue weighted by Gasteiger charge is -2.31. The van der Waals surface area contributed by atoms with Crippen molar-refractivity contribution in [3.05, 3.63) is 23.8 Å². The molecule has 0 spiro atoms. The van der Waals surface area contributed by atoms with Crippen molar-refractivity contribution < 1.29 is 9.47 Å². The molecule has 1 saturated carbocycles. The molecule has 3 nitrogen and oxygen atoms in total. The monoisotopic (exact) mass is 291 g/mol. The van der Waals surface area contributed by atoms with E-state index in [-0.39, 0.29) is 0 Å². The molecule has 0 amide bonds. The van der Waals surface area contributed by atoms with Crippen LogP contribution in [0.1, 0.15) is 57.6 Å². The van der Waals surface area contributed by atoms with Gasteiger partial charge in [0.1, 0.15) is 0 Å². The molecule has 21 heavy (non-hydrogen) atoms. The lowest BCUT2D eigenvalue weighted by atomic mass is 9.86. The van der Waals surface area contributed by atoms with Gasteiger partial charge in [0, 0.05) is 12.1 Å². The van der Waals surface area contributed by atoms with Gasteiger partial charge in [-0.2, -0.15) is 0 Å². The second kappa shape index (κ2) is 7.69. The average Bonchev–Trinajstić information content (AvgIpc) is 2.53. The van der Waals surface area contributed by atoms with E-state index in [0.29, 0.717) is 12.1 Å². The molecule has 1 fully saturated rings. The van der Waals surface area contributed by atoms with Crippen molar-refractivity contribution in [1.82, 2.24) is 5.32 Å². The minimum atomic E-state index is 0.392. The van der Waals surface area contributed by atoms with Crippen molar-refractivity contribution in [1.29, 1.82) is 0 Å². The topological polar surface area (TPSA) is 30.5 Å². The van der Waals surface area contributed by atoms with E-state index in [1.54, 1.807) is 14.2 Å². The molecule has 1 aromatic rings. The van der Waals surface area contributed by atoms with Gasteiger partial charge in [-0.1, -0.05) is 19.9 Å². The van der Waals surface area contributed by atoms with Gasteiger partial charge in [-0.25, -0.2) is 0 Å². The van der Waals surface area contributed by atoms with E-state index in [2.05, 4.69) is 31.3 Å². The van der Waals surface area contributed by atoms with Crippen LogP contribution in [-0.2, 0) is 0 Å². The first-order valence-electron chi connectivity index (χ1n) is 8.15. The maximum Gasteiger partial charge on any atom is 0.161 e. The van der Waals surface area contributed by atoms with Crippen LogP contribution in [0.5, 0.6) is 11.5 Å². The zero-order valence-corrected chi connectivity index (χ0v) is 13.8. The van der Waals surface area contributed by atoms with Crippen molar-refractivity contribution in [2.45, 2.75) is 58.0 Å². The van der Waals surface area contributed by atoms with Gasteiger partial charge in [-0.3, -0.25) is 0 Å². The Morgan fingerprint density at radius 2 is 1.76 bits per heavy atom. The summed E-state index contributed by atoms with van der Waals surface area (Å²) < 4.78 is 10.7. The molecule has 1 aromatic carbocycles. The molecule has 0 bridgehead atoms. The summed E-state index contributed by atoms with van der Waals surface area (Å²) in [5.41, 5.74) is 1.29. The Kier molecular flexibility index (Phi) is 5.92. The number of methoxy groups -OCH3 is 2. The van der Waals surface area contributed by atoms with Crippen LogP contribution in [0.4, 0.5) is 0 Å². The van der Waals surface area contributed by atoms with Gasteiger partial charge in [-0.05, 0) is 55.7 Å². The van der Waals surface area contributed by atoms with E-state index in [0.717, 1.165) is 23.8 Å². The summed E-state index contributed by atoms with van der Waals surface area (Å²) in [5.74, 6) is 2.50. The number of rotatable bonds is 6. The van der Waals surface area contributed by atoms with Crippen molar-refractivity contribution in [2.24, 2.45) is 5.92 Å². The van der Waals surface area contributed by atoms with Gasteiger partial charge in [0.2, 0.25) is 0 Å². The van der Waals surface area contributed by atoms with Crippen molar-refractivity contribution in [3.63, 3.8) is 0 Å². The molecule has 3 heteroatoms. The molecule has 1 unspecified atom stereocenters. The summed E-state index contributed by atoms with van der Waals surface area (Å²) in [5, 5.41) is 3.83. The Hall–Kier alpha value is -1.22. The molecule has 0 radical (unpaired) electrons. The highest BCUT2D eigenvalue weighted by Crippen LogP contribution is 2.32. The molecule has 1 N–H and O–H groups in total. The van der Waals surface area contributed by atoms with E-state index < -0.39 is 0 Å². The lowest BCUT2D eigenvalue weighted by Crippen LogP contribution is -2.35. The third-order valence-corrected chi connectivity index (χ3v) is 4.67. The number of hydrogen-bond donors (Lipinski definition) is 1. The minimum Gasteiger partial charge on any atom is -0.493 e. The first kappa shape index (κ1) is 16.2. The lowest BCUT2D eigenvalue weighted by molar-refractivity contribution is 0.284. The highest BCUT2D eigenvalue weighted by atomic mass is 16.5. The highest BCUT2D eigenvalue weighted by molar-refractivity contribution is 5.43. The standard InChI is InChI=1S/C18H29NO2/c1-5-16(19-15-9-6-13(2)7-10-15)14-8-11-17(20-3)18(12-14)21-4/h8,11-13,15-16,19H,5-7,9-10H2,1-4H3. The van der Waals surface area contributed by atoms with Crippen LogP contribution < -0.4 is 14.8 Å². The Morgan fingerprint density at radius 3 is 2.33 bits per heavy atom. The third kappa shape index (κ3) is 4.13. The van der Waals surface area contributed by atoms with Crippen molar-refractivity contribution in [3.8, 4) is 11.5 Å². The van der Waals surface area contributed by atoms with Gasteiger partial charge < -0.3 is 14.8 Å². The Morgan fingerprint density at radius 1 is 1.10 bits per heavy atom. The summed E-state index contributed by atoms with van der Waals surface area (Å²) in [4.78, 5) is 0. The second-order valence-corrected chi connectivity index (χ2v) is 6.20. The number of benzene rings is 1. The molecular formula is C18H29NO2. The van der Waals surface area contributed by atoms with Crippen LogP contribution in [-0.4, -0.2) is 20.3 Å². The van der Waals surface area contributed by atoms with E-state index in [1.807, 2.05) is 6.07 Å². The van der Waals surface area contributed by atoms with Crippen molar-refractivity contribution >= 4 is 0 Å². The quantitative estimate of drug-likeness (QED) is 0.846. The Labute approximate surface area is 129 Å². The molecular weight excluding hydrogens is 262 g/mol. The Bertz CT molecular complexity index is 439. The van der Waals surface area contributed by atoms with Crippen LogP contribution in [0.25, 0.3) is 0 Å². The van der Waals surface area contributed by atoms with Gasteiger partial charge in [-0.15, -0.1) is 0 Å². The van der Waals surface area contributed by atoms with E-state index >= 15 is 0 Å². The summed E-state index contributed by atoms with van der Waals surface area (Å²) in [6.45, 7) is 4.60. The average molecular weight is 291 g/mol. The Balaban J connectivity index is 2.06. The molecule has 0 aromatic heterocycles. The third-order valence-electron chi connectivity index (χ3n) is 4.67. The number of nitrogens with one attached hydrogen (secondary N) is 1. The van der Waals surface area contributed by atoms with Gasteiger partial charge in [0.25, 0.3) is 0 Å². The summed E-state index contributed by atoms with van der Waals surface area (Å²) >= 11 is 0. The zero-order chi connectivity index (χ0) is 15.2. The van der Waals surface area contributed by atoms with Crippen LogP contribution >= 0.6 is 0 Å². The van der Waals surface area contributed by atoms with E-state index in [1.165, 1.54) is 31.2 Å². The first-order chi connectivity index (χ1) is 10.2. The minimum absolute atomic E-state index is 0.392. The largest absolute Gasteiger partial charge is 0.493 e. The summed E-state index contributed by atoms with van der Waals surface area (Å²) in [7, 11) is 3.37. The van der Waals surface area contributed by atoms with Gasteiger partial charge in [0.05, 0.1) is 14.2 Å². The first-order valence-corrected chi connectivity index (χ1v) is 8.15. The highest BCUT2D eigenvalue weighted by Gasteiger charge is 2.21. The predicted molar refractivity (Wildman–Crippen MR) is 87.1 cm³/mol. The van der Waals surface area contributed by atoms with E-state index in [4.69, 9.17) is 9.47 Å². The number of ether oxygens (including phenoxy) is 2. The maximum atomic E-state index is 5.42. The maximum absolute atomic E-state index is 5.42. The fourth-order valence-corrected chi connectivity index (χ4v) is 3.23. The zero-order valence-electron chi connectivity index (χ0n) is 13.8. The molecule has 1 aliphatic carbocycles. The predicted octanol–water partition coefficient (Wildman–Crippen LogP) is 4.32. The van der Waals surface area contributed by atoms with Crippen LogP contribution in [0.3, 0.4) is 0 Å². The molecule has 2 rings (SSSR count). The van der Waals surface area contributed by atoms with Crippen LogP contribution in [0.2, 0.25) is 0 Å². The molecule has 0 saturated heterocycles. The molecule has 118 valence electrons. The SMILES string of the molecule is CCC(NC1CCC(C)CC1)c1ccc(OC)c(OC)c1. The summed E-state index contributed by atoms with van der Waals surface area (Å²) in [6, 6.07) is 7.29. The molecule has 0 heterocycles. The molecule has 0 aliphatic heterocycles. The van der Waals surface area contributed by atoms with Crippen LogP contribution in [0.15, 0.2) is 18.2 Å².